The fourth-order valence-electron chi connectivity index (χ4n) is 2.75. The van der Waals surface area contributed by atoms with E-state index in [1.165, 1.54) is 11.3 Å². The van der Waals surface area contributed by atoms with Gasteiger partial charge in [0.15, 0.2) is 0 Å². The second kappa shape index (κ2) is 7.79. The van der Waals surface area contributed by atoms with E-state index in [0.717, 1.165) is 19.3 Å². The Morgan fingerprint density at radius 1 is 1.10 bits per heavy atom. The molecule has 3 heteroatoms. The molecule has 0 saturated carbocycles. The van der Waals surface area contributed by atoms with Crippen molar-refractivity contribution in [2.75, 3.05) is 0 Å². The van der Waals surface area contributed by atoms with E-state index < -0.39 is 0 Å². The van der Waals surface area contributed by atoms with Crippen LogP contribution < -0.4 is 0 Å². The van der Waals surface area contributed by atoms with E-state index >= 15 is 0 Å². The summed E-state index contributed by atoms with van der Waals surface area (Å²) >= 11 is 3.84. The van der Waals surface area contributed by atoms with Gasteiger partial charge in [-0.3, -0.25) is 4.68 Å². The highest BCUT2D eigenvalue weighted by atomic mass is 79.9. The van der Waals surface area contributed by atoms with E-state index in [0.29, 0.717) is 16.8 Å². The van der Waals surface area contributed by atoms with Crippen LogP contribution in [0.4, 0.5) is 0 Å². The first-order chi connectivity index (χ1) is 10.2. The van der Waals surface area contributed by atoms with Gasteiger partial charge in [0.05, 0.1) is 11.7 Å². The standard InChI is InChI=1S/C18H25BrN2/c1-4-17(5-2)21-12-11-16(20-21)13-14(3)18(19)15-9-7-6-8-10-15/h6-12,14,17-18H,4-5,13H2,1-3H3. The largest absolute Gasteiger partial charge is 0.269 e. The van der Waals surface area contributed by atoms with Crippen molar-refractivity contribution in [3.8, 4) is 0 Å². The molecule has 1 heterocycles. The second-order valence-corrected chi connectivity index (χ2v) is 6.74. The molecule has 0 bridgehead atoms. The minimum absolute atomic E-state index is 0.372. The van der Waals surface area contributed by atoms with Crippen LogP contribution >= 0.6 is 15.9 Å². The molecule has 1 aromatic heterocycles. The van der Waals surface area contributed by atoms with Gasteiger partial charge < -0.3 is 0 Å². The first kappa shape index (κ1) is 16.3. The smallest absolute Gasteiger partial charge is 0.0627 e. The molecule has 0 amide bonds. The molecule has 114 valence electrons. The van der Waals surface area contributed by atoms with Crippen LogP contribution in [0.5, 0.6) is 0 Å². The molecule has 0 fully saturated rings. The maximum absolute atomic E-state index is 4.76. The first-order valence-electron chi connectivity index (χ1n) is 7.88. The molecule has 0 aliphatic rings. The Balaban J connectivity index is 2.01. The van der Waals surface area contributed by atoms with E-state index in [4.69, 9.17) is 5.10 Å². The molecule has 1 aromatic carbocycles. The van der Waals surface area contributed by atoms with Gasteiger partial charge >= 0.3 is 0 Å². The molecule has 2 unspecified atom stereocenters. The Hall–Kier alpha value is -1.09. The van der Waals surface area contributed by atoms with Gasteiger partial charge in [0.2, 0.25) is 0 Å². The maximum Gasteiger partial charge on any atom is 0.0627 e. The Labute approximate surface area is 136 Å². The molecule has 0 aliphatic carbocycles. The molecule has 2 atom stereocenters. The molecule has 2 nitrogen and oxygen atoms in total. The lowest BCUT2D eigenvalue weighted by Crippen LogP contribution is -2.10. The van der Waals surface area contributed by atoms with E-state index in [-0.39, 0.29) is 0 Å². The summed E-state index contributed by atoms with van der Waals surface area (Å²) in [5.74, 6) is 0.512. The molecule has 0 aliphatic heterocycles. The van der Waals surface area contributed by atoms with Crippen LogP contribution in [0.15, 0.2) is 42.6 Å². The number of alkyl halides is 1. The minimum atomic E-state index is 0.372. The lowest BCUT2D eigenvalue weighted by molar-refractivity contribution is 0.422. The molecular weight excluding hydrogens is 324 g/mol. The lowest BCUT2D eigenvalue weighted by Gasteiger charge is -2.18. The van der Waals surface area contributed by atoms with Gasteiger partial charge in [-0.05, 0) is 36.8 Å². The zero-order chi connectivity index (χ0) is 15.2. The summed E-state index contributed by atoms with van der Waals surface area (Å²) < 4.78 is 2.13. The number of hydrogen-bond acceptors (Lipinski definition) is 1. The molecule has 0 spiro atoms. The van der Waals surface area contributed by atoms with Gasteiger partial charge in [-0.1, -0.05) is 67.0 Å². The monoisotopic (exact) mass is 348 g/mol. The van der Waals surface area contributed by atoms with Crippen molar-refractivity contribution in [2.45, 2.75) is 50.9 Å². The summed E-state index contributed by atoms with van der Waals surface area (Å²) in [7, 11) is 0. The van der Waals surface area contributed by atoms with Crippen molar-refractivity contribution in [1.29, 1.82) is 0 Å². The fourth-order valence-corrected chi connectivity index (χ4v) is 3.24. The Morgan fingerprint density at radius 3 is 2.38 bits per heavy atom. The van der Waals surface area contributed by atoms with E-state index in [1.807, 2.05) is 0 Å². The number of hydrogen-bond donors (Lipinski definition) is 0. The highest BCUT2D eigenvalue weighted by molar-refractivity contribution is 9.09. The fraction of sp³-hybridized carbons (Fsp3) is 0.500. The van der Waals surface area contributed by atoms with Crippen LogP contribution in [0, 0.1) is 5.92 Å². The highest BCUT2D eigenvalue weighted by Gasteiger charge is 2.18. The molecule has 2 rings (SSSR count). The molecule has 0 radical (unpaired) electrons. The Bertz CT molecular complexity index is 531. The summed E-state index contributed by atoms with van der Waals surface area (Å²) in [6.45, 7) is 6.73. The van der Waals surface area contributed by atoms with Crippen LogP contribution in [-0.2, 0) is 6.42 Å². The molecular formula is C18H25BrN2. The Morgan fingerprint density at radius 2 is 1.76 bits per heavy atom. The summed E-state index contributed by atoms with van der Waals surface area (Å²) in [6.07, 6.45) is 5.40. The van der Waals surface area contributed by atoms with Crippen LogP contribution in [-0.4, -0.2) is 9.78 Å². The topological polar surface area (TPSA) is 17.8 Å². The predicted octanol–water partition coefficient (Wildman–Crippen LogP) is 5.56. The normalized spacial score (nSPS) is 14.3. The lowest BCUT2D eigenvalue weighted by atomic mass is 9.96. The van der Waals surface area contributed by atoms with Crippen molar-refractivity contribution in [2.24, 2.45) is 5.92 Å². The van der Waals surface area contributed by atoms with Crippen molar-refractivity contribution >= 4 is 15.9 Å². The number of rotatable bonds is 7. The predicted molar refractivity (Wildman–Crippen MR) is 92.8 cm³/mol. The summed E-state index contributed by atoms with van der Waals surface area (Å²) in [4.78, 5) is 0.372. The summed E-state index contributed by atoms with van der Waals surface area (Å²) in [5, 5.41) is 4.76. The zero-order valence-electron chi connectivity index (χ0n) is 13.2. The van der Waals surface area contributed by atoms with Gasteiger partial charge in [0, 0.05) is 11.0 Å². The number of aromatic nitrogens is 2. The number of benzene rings is 1. The summed E-state index contributed by atoms with van der Waals surface area (Å²) in [6, 6.07) is 13.3. The third-order valence-corrected chi connectivity index (χ3v) is 5.56. The third-order valence-electron chi connectivity index (χ3n) is 4.13. The Kier molecular flexibility index (Phi) is 6.04. The molecule has 0 N–H and O–H groups in total. The molecule has 21 heavy (non-hydrogen) atoms. The molecule has 0 saturated heterocycles. The van der Waals surface area contributed by atoms with Crippen LogP contribution in [0.25, 0.3) is 0 Å². The van der Waals surface area contributed by atoms with Crippen LogP contribution in [0.1, 0.15) is 55.7 Å². The van der Waals surface area contributed by atoms with Crippen molar-refractivity contribution < 1.29 is 0 Å². The SMILES string of the molecule is CCC(CC)n1ccc(CC(C)C(Br)c2ccccc2)n1. The minimum Gasteiger partial charge on any atom is -0.269 e. The second-order valence-electron chi connectivity index (χ2n) is 5.75. The van der Waals surface area contributed by atoms with E-state index in [2.05, 4.69) is 84.0 Å². The van der Waals surface area contributed by atoms with Crippen molar-refractivity contribution in [3.63, 3.8) is 0 Å². The zero-order valence-corrected chi connectivity index (χ0v) is 14.8. The van der Waals surface area contributed by atoms with Gasteiger partial charge in [-0.25, -0.2) is 0 Å². The van der Waals surface area contributed by atoms with Gasteiger partial charge in [0.25, 0.3) is 0 Å². The molecule has 2 aromatic rings. The number of nitrogens with zero attached hydrogens (tertiary/aromatic N) is 2. The van der Waals surface area contributed by atoms with Gasteiger partial charge in [-0.15, -0.1) is 0 Å². The summed E-state index contributed by atoms with van der Waals surface area (Å²) in [5.41, 5.74) is 2.53. The average molecular weight is 349 g/mol. The first-order valence-corrected chi connectivity index (χ1v) is 8.80. The highest BCUT2D eigenvalue weighted by Crippen LogP contribution is 2.32. The van der Waals surface area contributed by atoms with E-state index in [9.17, 15) is 0 Å². The van der Waals surface area contributed by atoms with Crippen molar-refractivity contribution in [3.05, 3.63) is 53.9 Å². The van der Waals surface area contributed by atoms with Gasteiger partial charge in [0.1, 0.15) is 0 Å². The van der Waals surface area contributed by atoms with Gasteiger partial charge in [-0.2, -0.15) is 5.10 Å². The van der Waals surface area contributed by atoms with Crippen LogP contribution in [0.3, 0.4) is 0 Å². The number of halogens is 1. The van der Waals surface area contributed by atoms with E-state index in [1.54, 1.807) is 0 Å². The van der Waals surface area contributed by atoms with Crippen LogP contribution in [0.2, 0.25) is 0 Å². The third kappa shape index (κ3) is 4.19. The quantitative estimate of drug-likeness (QED) is 0.599. The maximum atomic E-state index is 4.76. The average Bonchev–Trinajstić information content (AvgIpc) is 2.97. The van der Waals surface area contributed by atoms with Crippen molar-refractivity contribution in [1.82, 2.24) is 9.78 Å².